The molecule has 0 amide bonds. The van der Waals surface area contributed by atoms with Crippen LogP contribution in [0, 0.1) is 10.1 Å². The number of hydrogen-bond acceptors (Lipinski definition) is 5. The van der Waals surface area contributed by atoms with E-state index >= 15 is 0 Å². The van der Waals surface area contributed by atoms with Crippen LogP contribution < -0.4 is 5.32 Å². The summed E-state index contributed by atoms with van der Waals surface area (Å²) in [5.41, 5.74) is 1.80. The fourth-order valence-electron chi connectivity index (χ4n) is 1.96. The first-order chi connectivity index (χ1) is 9.74. The first-order valence-electron chi connectivity index (χ1n) is 6.03. The van der Waals surface area contributed by atoms with Crippen molar-refractivity contribution in [3.05, 3.63) is 64.5 Å². The molecule has 6 heteroatoms. The van der Waals surface area contributed by atoms with Gasteiger partial charge >= 0.3 is 0 Å². The fraction of sp³-hybridized carbons (Fsp3) is 0.0714. The van der Waals surface area contributed by atoms with E-state index in [9.17, 15) is 10.1 Å². The predicted molar refractivity (Wildman–Crippen MR) is 74.4 cm³/mol. The topological polar surface area (TPSA) is 81.2 Å². The second kappa shape index (κ2) is 5.00. The van der Waals surface area contributed by atoms with Gasteiger partial charge in [-0.1, -0.05) is 12.1 Å². The van der Waals surface area contributed by atoms with Crippen LogP contribution in [-0.2, 0) is 6.54 Å². The van der Waals surface area contributed by atoms with Crippen molar-refractivity contribution in [1.82, 2.24) is 4.98 Å². The van der Waals surface area contributed by atoms with Crippen molar-refractivity contribution in [2.75, 3.05) is 5.32 Å². The lowest BCUT2D eigenvalue weighted by molar-refractivity contribution is -0.384. The van der Waals surface area contributed by atoms with Crippen LogP contribution in [0.4, 0.5) is 11.5 Å². The van der Waals surface area contributed by atoms with Gasteiger partial charge in [-0.2, -0.15) is 0 Å². The summed E-state index contributed by atoms with van der Waals surface area (Å²) in [5.74, 6) is 0.731. The smallest absolute Gasteiger partial charge is 0.269 e. The molecule has 1 aromatic carbocycles. The van der Waals surface area contributed by atoms with E-state index < -0.39 is 4.92 Å². The maximum absolute atomic E-state index is 10.6. The van der Waals surface area contributed by atoms with Gasteiger partial charge in [-0.3, -0.25) is 10.1 Å². The van der Waals surface area contributed by atoms with E-state index in [1.807, 2.05) is 6.07 Å². The molecule has 0 fully saturated rings. The Morgan fingerprint density at radius 3 is 2.75 bits per heavy atom. The van der Waals surface area contributed by atoms with Gasteiger partial charge < -0.3 is 9.73 Å². The number of fused-ring (bicyclic) bond motifs is 1. The average molecular weight is 269 g/mol. The molecule has 3 aromatic rings. The van der Waals surface area contributed by atoms with Crippen molar-refractivity contribution in [3.8, 4) is 0 Å². The summed E-state index contributed by atoms with van der Waals surface area (Å²) in [7, 11) is 0. The minimum atomic E-state index is -0.412. The lowest BCUT2D eigenvalue weighted by atomic mass is 10.2. The normalized spacial score (nSPS) is 10.6. The number of nitro benzene ring substituents is 1. The Hall–Kier alpha value is -2.89. The van der Waals surface area contributed by atoms with Crippen molar-refractivity contribution in [2.45, 2.75) is 6.54 Å². The monoisotopic (exact) mass is 269 g/mol. The lowest BCUT2D eigenvalue weighted by Crippen LogP contribution is -2.01. The summed E-state index contributed by atoms with van der Waals surface area (Å²) < 4.78 is 5.30. The van der Waals surface area contributed by atoms with Gasteiger partial charge in [0, 0.05) is 24.9 Å². The Balaban J connectivity index is 1.76. The molecule has 0 radical (unpaired) electrons. The van der Waals surface area contributed by atoms with E-state index in [1.165, 1.54) is 12.1 Å². The lowest BCUT2D eigenvalue weighted by Gasteiger charge is -2.06. The van der Waals surface area contributed by atoms with Crippen molar-refractivity contribution in [3.63, 3.8) is 0 Å². The molecule has 20 heavy (non-hydrogen) atoms. The van der Waals surface area contributed by atoms with Crippen LogP contribution in [0.1, 0.15) is 5.56 Å². The highest BCUT2D eigenvalue weighted by molar-refractivity contribution is 5.87. The Labute approximate surface area is 114 Å². The largest absolute Gasteiger partial charge is 0.464 e. The number of benzene rings is 1. The number of nitrogens with zero attached hydrogens (tertiary/aromatic N) is 2. The highest BCUT2D eigenvalue weighted by Crippen LogP contribution is 2.22. The number of non-ortho nitro benzene ring substituents is 1. The number of rotatable bonds is 4. The molecule has 0 aliphatic rings. The van der Waals surface area contributed by atoms with Crippen LogP contribution in [-0.4, -0.2) is 9.91 Å². The maximum Gasteiger partial charge on any atom is 0.269 e. The van der Waals surface area contributed by atoms with E-state index in [2.05, 4.69) is 10.3 Å². The molecule has 0 unspecified atom stereocenters. The highest BCUT2D eigenvalue weighted by Gasteiger charge is 2.06. The van der Waals surface area contributed by atoms with E-state index in [0.717, 1.165) is 22.4 Å². The molecular weight excluding hydrogens is 258 g/mol. The zero-order chi connectivity index (χ0) is 13.9. The van der Waals surface area contributed by atoms with Gasteiger partial charge in [0.25, 0.3) is 5.69 Å². The average Bonchev–Trinajstić information content (AvgIpc) is 2.94. The zero-order valence-electron chi connectivity index (χ0n) is 10.4. The molecule has 0 saturated heterocycles. The van der Waals surface area contributed by atoms with E-state index in [-0.39, 0.29) is 5.69 Å². The number of aromatic nitrogens is 1. The van der Waals surface area contributed by atoms with Crippen LogP contribution in [0.5, 0.6) is 0 Å². The van der Waals surface area contributed by atoms with Crippen LogP contribution in [0.25, 0.3) is 11.0 Å². The zero-order valence-corrected chi connectivity index (χ0v) is 10.4. The number of pyridine rings is 1. The summed E-state index contributed by atoms with van der Waals surface area (Å²) in [6.07, 6.45) is 3.29. The summed E-state index contributed by atoms with van der Waals surface area (Å²) in [6, 6.07) is 10.1. The molecule has 2 heterocycles. The predicted octanol–water partition coefficient (Wildman–Crippen LogP) is 3.35. The van der Waals surface area contributed by atoms with Crippen molar-refractivity contribution < 1.29 is 9.34 Å². The third-order valence-corrected chi connectivity index (χ3v) is 2.99. The van der Waals surface area contributed by atoms with Gasteiger partial charge in [0.15, 0.2) is 0 Å². The quantitative estimate of drug-likeness (QED) is 0.580. The first kappa shape index (κ1) is 12.2. The van der Waals surface area contributed by atoms with Gasteiger partial charge in [0.05, 0.1) is 16.6 Å². The standard InChI is InChI=1S/C14H11N3O3/c18-17(19)11-3-1-10(2-4-11)9-16-14-12-6-8-20-13(12)5-7-15-14/h1-8H,9H2,(H,15,16). The third kappa shape index (κ3) is 2.31. The molecule has 6 nitrogen and oxygen atoms in total. The van der Waals surface area contributed by atoms with Crippen LogP contribution in [0.3, 0.4) is 0 Å². The van der Waals surface area contributed by atoms with Gasteiger partial charge in [-0.05, 0) is 17.7 Å². The molecule has 3 rings (SSSR count). The molecule has 0 spiro atoms. The van der Waals surface area contributed by atoms with Crippen molar-refractivity contribution in [2.24, 2.45) is 0 Å². The molecule has 1 N–H and O–H groups in total. The summed E-state index contributed by atoms with van der Waals surface area (Å²) in [6.45, 7) is 0.537. The van der Waals surface area contributed by atoms with E-state index in [0.29, 0.717) is 6.54 Å². The fourth-order valence-corrected chi connectivity index (χ4v) is 1.96. The number of nitrogens with one attached hydrogen (secondary N) is 1. The molecule has 0 bridgehead atoms. The molecule has 2 aromatic heterocycles. The van der Waals surface area contributed by atoms with Crippen LogP contribution in [0.2, 0.25) is 0 Å². The summed E-state index contributed by atoms with van der Waals surface area (Å²) in [4.78, 5) is 14.4. The highest BCUT2D eigenvalue weighted by atomic mass is 16.6. The van der Waals surface area contributed by atoms with Gasteiger partial charge in [0.1, 0.15) is 11.4 Å². The molecular formula is C14H11N3O3. The van der Waals surface area contributed by atoms with Crippen molar-refractivity contribution >= 4 is 22.5 Å². The van der Waals surface area contributed by atoms with E-state index in [4.69, 9.17) is 4.42 Å². The molecule has 0 aliphatic heterocycles. The Morgan fingerprint density at radius 2 is 2.00 bits per heavy atom. The molecule has 0 aliphatic carbocycles. The van der Waals surface area contributed by atoms with Gasteiger partial charge in [0.2, 0.25) is 0 Å². The van der Waals surface area contributed by atoms with Gasteiger partial charge in [-0.25, -0.2) is 4.98 Å². The Morgan fingerprint density at radius 1 is 1.20 bits per heavy atom. The maximum atomic E-state index is 10.6. The Bertz CT molecular complexity index is 750. The van der Waals surface area contributed by atoms with Crippen LogP contribution >= 0.6 is 0 Å². The summed E-state index contributed by atoms with van der Waals surface area (Å²) in [5, 5.41) is 14.7. The number of nitro groups is 1. The summed E-state index contributed by atoms with van der Waals surface area (Å²) >= 11 is 0. The minimum Gasteiger partial charge on any atom is -0.464 e. The molecule has 0 saturated carbocycles. The van der Waals surface area contributed by atoms with Crippen molar-refractivity contribution in [1.29, 1.82) is 0 Å². The number of furan rings is 1. The minimum absolute atomic E-state index is 0.0869. The first-order valence-corrected chi connectivity index (χ1v) is 6.03. The number of anilines is 1. The second-order valence-electron chi connectivity index (χ2n) is 4.27. The van der Waals surface area contributed by atoms with Gasteiger partial charge in [-0.15, -0.1) is 0 Å². The Kier molecular flexibility index (Phi) is 3.04. The molecule has 0 atom stereocenters. The molecule has 100 valence electrons. The SMILES string of the molecule is O=[N+]([O-])c1ccc(CNc2nccc3occc23)cc1. The second-order valence-corrected chi connectivity index (χ2v) is 4.27. The van der Waals surface area contributed by atoms with Crippen LogP contribution in [0.15, 0.2) is 53.3 Å². The van der Waals surface area contributed by atoms with E-state index in [1.54, 1.807) is 30.7 Å². The number of hydrogen-bond donors (Lipinski definition) is 1. The third-order valence-electron chi connectivity index (χ3n) is 2.99.